The Kier molecular flexibility index (Phi) is 9.64. The van der Waals surface area contributed by atoms with Crippen LogP contribution in [0.15, 0.2) is 0 Å². The molecule has 0 spiro atoms. The summed E-state index contributed by atoms with van der Waals surface area (Å²) in [7, 11) is 0. The Morgan fingerprint density at radius 3 is 2.59 bits per heavy atom. The predicted octanol–water partition coefficient (Wildman–Crippen LogP) is 2.52. The number of ether oxygens (including phenoxy) is 1. The third-order valence-electron chi connectivity index (χ3n) is 3.89. The zero-order valence-electron chi connectivity index (χ0n) is 15.4. The second-order valence-corrected chi connectivity index (χ2v) is 6.28. The summed E-state index contributed by atoms with van der Waals surface area (Å²) < 4.78 is 42.2. The normalized spacial score (nSPS) is 12.6. The summed E-state index contributed by atoms with van der Waals surface area (Å²) in [6.07, 6.45) is -2.86. The van der Waals surface area contributed by atoms with E-state index in [4.69, 9.17) is 10.5 Å². The molecule has 154 valence electrons. The maximum atomic E-state index is 12.4. The van der Waals surface area contributed by atoms with E-state index in [9.17, 15) is 18.0 Å². The van der Waals surface area contributed by atoms with Crippen molar-refractivity contribution < 1.29 is 22.7 Å². The molecule has 0 aliphatic rings. The number of nitrogens with zero attached hydrogens (tertiary/aromatic N) is 2. The Labute approximate surface area is 162 Å². The number of carbonyl (C=O) groups is 1. The molecule has 1 unspecified atom stereocenters. The molecule has 1 rings (SSSR count). The number of halogens is 3. The topological polar surface area (TPSA) is 102 Å². The molecule has 0 saturated carbocycles. The molecule has 0 aliphatic heterocycles. The molecule has 4 N–H and O–H groups in total. The molecule has 1 heterocycles. The van der Waals surface area contributed by atoms with Gasteiger partial charge in [0.2, 0.25) is 5.95 Å². The molecule has 27 heavy (non-hydrogen) atoms. The number of nitrogens with two attached hydrogens (primary N) is 1. The van der Waals surface area contributed by atoms with Crippen LogP contribution in [0.25, 0.3) is 0 Å². The van der Waals surface area contributed by atoms with Crippen LogP contribution in [0.5, 0.6) is 0 Å². The summed E-state index contributed by atoms with van der Waals surface area (Å²) in [4.78, 5) is 19.3. The number of aryl methyl sites for hydroxylation is 1. The van der Waals surface area contributed by atoms with E-state index < -0.39 is 18.7 Å². The lowest BCUT2D eigenvalue weighted by Crippen LogP contribution is -2.23. The number of hydrogen-bond acceptors (Lipinski definition) is 8. The highest BCUT2D eigenvalue weighted by Crippen LogP contribution is 2.22. The van der Waals surface area contributed by atoms with E-state index in [1.807, 2.05) is 6.92 Å². The number of carbonyl (C=O) groups excluding carboxylic acids is 1. The number of esters is 1. The summed E-state index contributed by atoms with van der Waals surface area (Å²) in [6, 6.07) is 0. The molecule has 1 aromatic rings. The Morgan fingerprint density at radius 2 is 2.04 bits per heavy atom. The smallest absolute Gasteiger partial charge is 0.405 e. The van der Waals surface area contributed by atoms with Gasteiger partial charge in [0, 0.05) is 23.6 Å². The fourth-order valence-electron chi connectivity index (χ4n) is 2.26. The highest BCUT2D eigenvalue weighted by molar-refractivity contribution is 7.79. The van der Waals surface area contributed by atoms with Crippen LogP contribution in [0.2, 0.25) is 0 Å². The van der Waals surface area contributed by atoms with Crippen molar-refractivity contribution >= 4 is 30.4 Å². The molecule has 0 radical (unpaired) electrons. The summed E-state index contributed by atoms with van der Waals surface area (Å²) in [6.45, 7) is 3.08. The first kappa shape index (κ1) is 23.3. The number of hydrogen-bond donors (Lipinski definition) is 4. The zero-order valence-corrected chi connectivity index (χ0v) is 16.3. The van der Waals surface area contributed by atoms with E-state index in [1.165, 1.54) is 0 Å². The van der Waals surface area contributed by atoms with Crippen molar-refractivity contribution in [3.8, 4) is 0 Å². The Morgan fingerprint density at radius 1 is 1.33 bits per heavy atom. The third kappa shape index (κ3) is 8.65. The van der Waals surface area contributed by atoms with Crippen molar-refractivity contribution in [3.05, 3.63) is 11.3 Å². The molecular weight excluding hydrogens is 383 g/mol. The maximum absolute atomic E-state index is 12.4. The molecule has 0 fully saturated rings. The average molecular weight is 409 g/mol. The summed E-state index contributed by atoms with van der Waals surface area (Å²) in [5.41, 5.74) is 6.48. The highest BCUT2D eigenvalue weighted by Gasteiger charge is 2.27. The van der Waals surface area contributed by atoms with Crippen molar-refractivity contribution in [2.75, 3.05) is 36.9 Å². The lowest BCUT2D eigenvalue weighted by Gasteiger charge is -2.18. The van der Waals surface area contributed by atoms with Crippen LogP contribution in [0.1, 0.15) is 31.0 Å². The SMILES string of the molecule is CCC(CCNc1nc(NCC(F)(F)F)nc(C)c1CS)COC(=O)CN. The average Bonchev–Trinajstić information content (AvgIpc) is 2.61. The first-order valence-corrected chi connectivity index (χ1v) is 9.21. The monoisotopic (exact) mass is 409 g/mol. The molecule has 7 nitrogen and oxygen atoms in total. The number of thiol groups is 1. The Bertz CT molecular complexity index is 616. The zero-order chi connectivity index (χ0) is 20.4. The van der Waals surface area contributed by atoms with Gasteiger partial charge in [-0.1, -0.05) is 6.92 Å². The lowest BCUT2D eigenvalue weighted by atomic mass is 10.0. The standard InChI is InChI=1S/C16H26F3N5O2S/c1-3-11(7-26-13(25)6-20)4-5-21-14-12(8-27)10(2)23-15(24-14)22-9-16(17,18)19/h11,27H,3-9,20H2,1-2H3,(H2,21,22,23,24). The van der Waals surface area contributed by atoms with Gasteiger partial charge >= 0.3 is 12.1 Å². The molecule has 11 heteroatoms. The van der Waals surface area contributed by atoms with E-state index >= 15 is 0 Å². The van der Waals surface area contributed by atoms with Crippen LogP contribution >= 0.6 is 12.6 Å². The summed E-state index contributed by atoms with van der Waals surface area (Å²) in [5.74, 6) is 0.375. The fraction of sp³-hybridized carbons (Fsp3) is 0.688. The predicted molar refractivity (Wildman–Crippen MR) is 101 cm³/mol. The van der Waals surface area contributed by atoms with Gasteiger partial charge in [0.05, 0.1) is 13.2 Å². The van der Waals surface area contributed by atoms with Crippen LogP contribution in [-0.4, -0.2) is 48.4 Å². The van der Waals surface area contributed by atoms with Crippen LogP contribution in [0, 0.1) is 12.8 Å². The van der Waals surface area contributed by atoms with E-state index in [-0.39, 0.29) is 25.0 Å². The van der Waals surface area contributed by atoms with Crippen LogP contribution in [-0.2, 0) is 15.3 Å². The van der Waals surface area contributed by atoms with Crippen molar-refractivity contribution in [1.82, 2.24) is 9.97 Å². The molecular formula is C16H26F3N5O2S. The summed E-state index contributed by atoms with van der Waals surface area (Å²) in [5, 5.41) is 5.31. The number of anilines is 2. The third-order valence-corrected chi connectivity index (χ3v) is 4.20. The maximum Gasteiger partial charge on any atom is 0.405 e. The van der Waals surface area contributed by atoms with Gasteiger partial charge in [-0.25, -0.2) is 4.98 Å². The minimum Gasteiger partial charge on any atom is -0.464 e. The second-order valence-electron chi connectivity index (χ2n) is 5.96. The first-order chi connectivity index (χ1) is 12.7. The Hall–Kier alpha value is -1.75. The van der Waals surface area contributed by atoms with Crippen LogP contribution < -0.4 is 16.4 Å². The second kappa shape index (κ2) is 11.2. The van der Waals surface area contributed by atoms with Gasteiger partial charge in [0.25, 0.3) is 0 Å². The molecule has 1 atom stereocenters. The summed E-state index contributed by atoms with van der Waals surface area (Å²) >= 11 is 4.24. The van der Waals surface area contributed by atoms with Crippen molar-refractivity contribution in [2.24, 2.45) is 11.7 Å². The number of nitrogens with one attached hydrogen (secondary N) is 2. The van der Waals surface area contributed by atoms with Crippen molar-refractivity contribution in [1.29, 1.82) is 0 Å². The lowest BCUT2D eigenvalue weighted by molar-refractivity contribution is -0.143. The minimum atomic E-state index is -4.36. The fourth-order valence-corrected chi connectivity index (χ4v) is 2.64. The Balaban J connectivity index is 2.71. The van der Waals surface area contributed by atoms with Gasteiger partial charge in [0.1, 0.15) is 12.4 Å². The van der Waals surface area contributed by atoms with Crippen molar-refractivity contribution in [2.45, 2.75) is 38.6 Å². The van der Waals surface area contributed by atoms with Gasteiger partial charge in [-0.3, -0.25) is 4.79 Å². The van der Waals surface area contributed by atoms with Crippen molar-refractivity contribution in [3.63, 3.8) is 0 Å². The van der Waals surface area contributed by atoms with E-state index in [2.05, 4.69) is 33.2 Å². The van der Waals surface area contributed by atoms with Gasteiger partial charge in [-0.05, 0) is 25.7 Å². The van der Waals surface area contributed by atoms with Gasteiger partial charge in [-0.2, -0.15) is 30.8 Å². The number of rotatable bonds is 11. The molecule has 0 saturated heterocycles. The molecule has 0 aromatic carbocycles. The molecule has 0 amide bonds. The number of alkyl halides is 3. The number of aromatic nitrogens is 2. The van der Waals surface area contributed by atoms with E-state index in [0.29, 0.717) is 30.2 Å². The molecule has 0 aliphatic carbocycles. The van der Waals surface area contributed by atoms with Gasteiger partial charge < -0.3 is 21.1 Å². The minimum absolute atomic E-state index is 0.0956. The van der Waals surface area contributed by atoms with Gasteiger partial charge in [0.15, 0.2) is 0 Å². The highest BCUT2D eigenvalue weighted by atomic mass is 32.1. The van der Waals surface area contributed by atoms with Gasteiger partial charge in [-0.15, -0.1) is 0 Å². The first-order valence-electron chi connectivity index (χ1n) is 8.58. The quantitative estimate of drug-likeness (QED) is 0.329. The molecule has 0 bridgehead atoms. The van der Waals surface area contributed by atoms with E-state index in [1.54, 1.807) is 6.92 Å². The largest absolute Gasteiger partial charge is 0.464 e. The molecule has 1 aromatic heterocycles. The van der Waals surface area contributed by atoms with Crippen LogP contribution in [0.4, 0.5) is 24.9 Å². The van der Waals surface area contributed by atoms with E-state index in [0.717, 1.165) is 12.0 Å². The van der Waals surface area contributed by atoms with Crippen LogP contribution in [0.3, 0.4) is 0 Å².